The molecule has 0 bridgehead atoms. The van der Waals surface area contributed by atoms with Gasteiger partial charge < -0.3 is 16.0 Å². The molecule has 0 fully saturated rings. The van der Waals surface area contributed by atoms with Crippen molar-refractivity contribution in [3.8, 4) is 10.7 Å². The number of rotatable bonds is 4. The van der Waals surface area contributed by atoms with E-state index in [1.54, 1.807) is 32.4 Å². The van der Waals surface area contributed by atoms with Crippen LogP contribution in [0.3, 0.4) is 0 Å². The maximum atomic E-state index is 12.4. The van der Waals surface area contributed by atoms with Crippen LogP contribution in [0.25, 0.3) is 10.7 Å². The van der Waals surface area contributed by atoms with Gasteiger partial charge in [0.2, 0.25) is 0 Å². The van der Waals surface area contributed by atoms with E-state index in [2.05, 4.69) is 30.9 Å². The minimum absolute atomic E-state index is 0.235. The van der Waals surface area contributed by atoms with E-state index in [9.17, 15) is 9.59 Å². The number of aromatic nitrogens is 3. The minimum Gasteiger partial charge on any atom is -0.347 e. The predicted molar refractivity (Wildman–Crippen MR) is 88.8 cm³/mol. The zero-order chi connectivity index (χ0) is 17.1. The van der Waals surface area contributed by atoms with Gasteiger partial charge in [-0.2, -0.15) is 0 Å². The van der Waals surface area contributed by atoms with E-state index in [-0.39, 0.29) is 18.0 Å². The van der Waals surface area contributed by atoms with Crippen LogP contribution in [-0.2, 0) is 11.3 Å². The van der Waals surface area contributed by atoms with E-state index in [1.807, 2.05) is 5.38 Å². The second-order valence-corrected chi connectivity index (χ2v) is 6.13. The third-order valence-electron chi connectivity index (χ3n) is 3.49. The van der Waals surface area contributed by atoms with Crippen molar-refractivity contribution in [1.82, 2.24) is 30.9 Å². The smallest absolute Gasteiger partial charge is 0.319 e. The molecule has 124 valence electrons. The molecule has 0 aliphatic carbocycles. The Morgan fingerprint density at radius 2 is 2.25 bits per heavy atom. The van der Waals surface area contributed by atoms with Gasteiger partial charge in [-0.25, -0.2) is 9.78 Å². The Morgan fingerprint density at radius 3 is 2.96 bits per heavy atom. The number of carbonyl (C=O) groups excluding carboxylic acids is 2. The van der Waals surface area contributed by atoms with Gasteiger partial charge in [-0.15, -0.1) is 11.3 Å². The Hall–Kier alpha value is -2.81. The number of hydrogen-bond acceptors (Lipinski definition) is 6. The van der Waals surface area contributed by atoms with Crippen LogP contribution in [0.2, 0.25) is 0 Å². The quantitative estimate of drug-likeness (QED) is 0.772. The first-order valence-electron chi connectivity index (χ1n) is 7.32. The van der Waals surface area contributed by atoms with Gasteiger partial charge in [-0.05, 0) is 13.8 Å². The summed E-state index contributed by atoms with van der Waals surface area (Å²) in [4.78, 5) is 36.4. The molecule has 0 aromatic carbocycles. The Kier molecular flexibility index (Phi) is 4.52. The van der Waals surface area contributed by atoms with Gasteiger partial charge >= 0.3 is 6.03 Å². The first-order chi connectivity index (χ1) is 11.5. The summed E-state index contributed by atoms with van der Waals surface area (Å²) < 4.78 is 0. The third-order valence-corrected chi connectivity index (χ3v) is 4.41. The zero-order valence-corrected chi connectivity index (χ0v) is 14.0. The SMILES string of the molecule is CC1=C(C(=O)NCc2csc(-c3cnccn3)n2)[C@@H](C)NC(=O)N1. The number of amides is 3. The number of nitrogens with zero attached hydrogens (tertiary/aromatic N) is 3. The van der Waals surface area contributed by atoms with E-state index in [0.717, 1.165) is 10.7 Å². The largest absolute Gasteiger partial charge is 0.347 e. The lowest BCUT2D eigenvalue weighted by molar-refractivity contribution is -0.118. The van der Waals surface area contributed by atoms with Gasteiger partial charge in [-0.3, -0.25) is 14.8 Å². The summed E-state index contributed by atoms with van der Waals surface area (Å²) in [6.45, 7) is 3.78. The molecular weight excluding hydrogens is 328 g/mol. The number of nitrogens with one attached hydrogen (secondary N) is 3. The maximum Gasteiger partial charge on any atom is 0.319 e. The average Bonchev–Trinajstić information content (AvgIpc) is 3.02. The standard InChI is InChI=1S/C15H16N6O2S/c1-8-12(9(2)20-15(23)19-8)13(22)18-5-10-7-24-14(21-10)11-6-16-3-4-17-11/h3-4,6-8H,5H2,1-2H3,(H,18,22)(H2,19,20,23)/t8-/m1/s1. The van der Waals surface area contributed by atoms with E-state index < -0.39 is 0 Å². The predicted octanol–water partition coefficient (Wildman–Crippen LogP) is 1.19. The Bertz CT molecular complexity index is 801. The average molecular weight is 344 g/mol. The highest BCUT2D eigenvalue weighted by molar-refractivity contribution is 7.13. The van der Waals surface area contributed by atoms with Crippen LogP contribution in [0.5, 0.6) is 0 Å². The Labute approximate surface area is 142 Å². The molecule has 3 heterocycles. The molecule has 3 amide bonds. The summed E-state index contributed by atoms with van der Waals surface area (Å²) in [5.41, 5.74) is 2.51. The normalized spacial score (nSPS) is 17.2. The lowest BCUT2D eigenvalue weighted by Gasteiger charge is -2.25. The fourth-order valence-corrected chi connectivity index (χ4v) is 3.20. The highest BCUT2D eigenvalue weighted by atomic mass is 32.1. The van der Waals surface area contributed by atoms with Crippen molar-refractivity contribution in [3.05, 3.63) is 40.9 Å². The molecule has 1 aliphatic heterocycles. The van der Waals surface area contributed by atoms with Crippen molar-refractivity contribution >= 4 is 23.3 Å². The van der Waals surface area contributed by atoms with Gasteiger partial charge in [0.1, 0.15) is 10.7 Å². The van der Waals surface area contributed by atoms with Gasteiger partial charge in [-0.1, -0.05) is 0 Å². The molecule has 0 radical (unpaired) electrons. The molecule has 9 heteroatoms. The summed E-state index contributed by atoms with van der Waals surface area (Å²) in [5.74, 6) is -0.235. The molecule has 0 unspecified atom stereocenters. The van der Waals surface area contributed by atoms with Crippen LogP contribution in [0.1, 0.15) is 19.5 Å². The summed E-state index contributed by atoms with van der Waals surface area (Å²) in [6, 6.07) is -0.644. The number of thiazole rings is 1. The van der Waals surface area contributed by atoms with Crippen molar-refractivity contribution in [2.45, 2.75) is 26.4 Å². The molecule has 3 N–H and O–H groups in total. The molecule has 8 nitrogen and oxygen atoms in total. The zero-order valence-electron chi connectivity index (χ0n) is 13.2. The second kappa shape index (κ2) is 6.75. The van der Waals surface area contributed by atoms with Gasteiger partial charge in [0.25, 0.3) is 5.91 Å². The highest BCUT2D eigenvalue weighted by Crippen LogP contribution is 2.20. The van der Waals surface area contributed by atoms with E-state index in [0.29, 0.717) is 23.5 Å². The third kappa shape index (κ3) is 3.40. The van der Waals surface area contributed by atoms with Crippen molar-refractivity contribution in [1.29, 1.82) is 0 Å². The van der Waals surface area contributed by atoms with Gasteiger partial charge in [0.15, 0.2) is 0 Å². The summed E-state index contributed by atoms with van der Waals surface area (Å²) in [6.07, 6.45) is 4.86. The number of hydrogen-bond donors (Lipinski definition) is 3. The van der Waals surface area contributed by atoms with Gasteiger partial charge in [0, 0.05) is 23.5 Å². The molecule has 24 heavy (non-hydrogen) atoms. The second-order valence-electron chi connectivity index (χ2n) is 5.28. The first-order valence-corrected chi connectivity index (χ1v) is 8.20. The minimum atomic E-state index is -0.343. The van der Waals surface area contributed by atoms with Gasteiger partial charge in [0.05, 0.1) is 30.1 Å². The van der Waals surface area contributed by atoms with E-state index in [1.165, 1.54) is 11.3 Å². The van der Waals surface area contributed by atoms with E-state index in [4.69, 9.17) is 0 Å². The molecule has 1 atom stereocenters. The molecule has 2 aromatic heterocycles. The number of allylic oxidation sites excluding steroid dienone is 1. The molecule has 2 aromatic rings. The van der Waals surface area contributed by atoms with Crippen LogP contribution in [0, 0.1) is 0 Å². The maximum absolute atomic E-state index is 12.4. The number of carbonyl (C=O) groups is 2. The molecule has 0 saturated heterocycles. The lowest BCUT2D eigenvalue weighted by atomic mass is 10.0. The summed E-state index contributed by atoms with van der Waals surface area (Å²) in [5, 5.41) is 10.7. The van der Waals surface area contributed by atoms with Crippen LogP contribution < -0.4 is 16.0 Å². The Morgan fingerprint density at radius 1 is 1.42 bits per heavy atom. The molecule has 3 rings (SSSR count). The molecular formula is C15H16N6O2S. The van der Waals surface area contributed by atoms with Crippen molar-refractivity contribution in [3.63, 3.8) is 0 Å². The summed E-state index contributed by atoms with van der Waals surface area (Å²) in [7, 11) is 0. The molecule has 0 spiro atoms. The molecule has 0 saturated carbocycles. The van der Waals surface area contributed by atoms with Crippen LogP contribution in [0.4, 0.5) is 4.79 Å². The van der Waals surface area contributed by atoms with E-state index >= 15 is 0 Å². The number of urea groups is 1. The van der Waals surface area contributed by atoms with Crippen molar-refractivity contribution in [2.24, 2.45) is 0 Å². The topological polar surface area (TPSA) is 109 Å². The van der Waals surface area contributed by atoms with Crippen molar-refractivity contribution in [2.75, 3.05) is 0 Å². The van der Waals surface area contributed by atoms with Crippen molar-refractivity contribution < 1.29 is 9.59 Å². The van der Waals surface area contributed by atoms with Crippen LogP contribution >= 0.6 is 11.3 Å². The monoisotopic (exact) mass is 344 g/mol. The summed E-state index contributed by atoms with van der Waals surface area (Å²) >= 11 is 1.45. The fourth-order valence-electron chi connectivity index (χ4n) is 2.42. The Balaban J connectivity index is 1.66. The lowest BCUT2D eigenvalue weighted by Crippen LogP contribution is -2.50. The first kappa shape index (κ1) is 16.1. The highest BCUT2D eigenvalue weighted by Gasteiger charge is 2.26. The van der Waals surface area contributed by atoms with Crippen LogP contribution in [-0.4, -0.2) is 32.9 Å². The van der Waals surface area contributed by atoms with Crippen LogP contribution in [0.15, 0.2) is 35.2 Å². The fraction of sp³-hybridized carbons (Fsp3) is 0.267. The molecule has 1 aliphatic rings.